The summed E-state index contributed by atoms with van der Waals surface area (Å²) in [6, 6.07) is 10.3. The fourth-order valence-corrected chi connectivity index (χ4v) is 3.08. The Hall–Kier alpha value is -2.64. The number of phenolic OH excluding ortho intramolecular Hbond substituents is 1. The molecule has 4 N–H and O–H groups in total. The minimum atomic E-state index is -0.664. The molecule has 0 aliphatic carbocycles. The van der Waals surface area contributed by atoms with E-state index < -0.39 is 11.8 Å². The number of carbonyl (C=O) groups excluding carboxylic acids is 2. The molecule has 7 nitrogen and oxygen atoms in total. The molecule has 1 aliphatic rings. The van der Waals surface area contributed by atoms with Crippen LogP contribution in [0.5, 0.6) is 5.75 Å². The Morgan fingerprint density at radius 1 is 1.04 bits per heavy atom. The normalized spacial score (nSPS) is 15.3. The smallest absolute Gasteiger partial charge is 0.313 e. The Labute approximate surface area is 146 Å². The highest BCUT2D eigenvalue weighted by atomic mass is 16.3. The number of benzene rings is 2. The maximum Gasteiger partial charge on any atom is 0.313 e. The summed E-state index contributed by atoms with van der Waals surface area (Å²) in [4.78, 5) is 28.5. The molecule has 1 aliphatic heterocycles. The Morgan fingerprint density at radius 3 is 2.44 bits per heavy atom. The first-order valence-corrected chi connectivity index (χ1v) is 8.33. The van der Waals surface area contributed by atoms with Gasteiger partial charge in [0.05, 0.1) is 0 Å². The van der Waals surface area contributed by atoms with Crippen molar-refractivity contribution in [2.75, 3.05) is 44.6 Å². The van der Waals surface area contributed by atoms with Gasteiger partial charge in [0.2, 0.25) is 0 Å². The first-order valence-electron chi connectivity index (χ1n) is 8.33. The van der Waals surface area contributed by atoms with Gasteiger partial charge < -0.3 is 21.1 Å². The van der Waals surface area contributed by atoms with Gasteiger partial charge in [0, 0.05) is 55.7 Å². The van der Waals surface area contributed by atoms with Crippen LogP contribution in [0.1, 0.15) is 0 Å². The van der Waals surface area contributed by atoms with Crippen molar-refractivity contribution in [2.45, 2.75) is 0 Å². The van der Waals surface area contributed by atoms with Crippen molar-refractivity contribution < 1.29 is 14.7 Å². The van der Waals surface area contributed by atoms with Crippen LogP contribution in [0.15, 0.2) is 36.4 Å². The van der Waals surface area contributed by atoms with Crippen molar-refractivity contribution in [3.05, 3.63) is 36.4 Å². The van der Waals surface area contributed by atoms with Crippen LogP contribution in [-0.4, -0.2) is 66.0 Å². The van der Waals surface area contributed by atoms with Crippen LogP contribution in [0.4, 0.5) is 5.69 Å². The molecule has 1 saturated heterocycles. The topological polar surface area (TPSA) is 98.9 Å². The van der Waals surface area contributed by atoms with Crippen LogP contribution in [0.3, 0.4) is 0 Å². The number of hydrogen-bond donors (Lipinski definition) is 3. The van der Waals surface area contributed by atoms with Gasteiger partial charge in [-0.2, -0.15) is 0 Å². The van der Waals surface area contributed by atoms with E-state index in [0.29, 0.717) is 36.1 Å². The summed E-state index contributed by atoms with van der Waals surface area (Å²) in [5, 5.41) is 13.9. The minimum Gasteiger partial charge on any atom is -0.507 e. The lowest BCUT2D eigenvalue weighted by molar-refractivity contribution is -0.144. The van der Waals surface area contributed by atoms with Gasteiger partial charge in [-0.3, -0.25) is 14.5 Å². The third kappa shape index (κ3) is 3.72. The van der Waals surface area contributed by atoms with E-state index >= 15 is 0 Å². The molecule has 0 aromatic heterocycles. The Balaban J connectivity index is 1.69. The molecule has 2 amide bonds. The molecule has 3 rings (SSSR count). The van der Waals surface area contributed by atoms with Crippen molar-refractivity contribution in [2.24, 2.45) is 5.73 Å². The molecule has 25 heavy (non-hydrogen) atoms. The summed E-state index contributed by atoms with van der Waals surface area (Å²) in [6.07, 6.45) is 0. The van der Waals surface area contributed by atoms with E-state index in [-0.39, 0.29) is 5.75 Å². The lowest BCUT2D eigenvalue weighted by Gasteiger charge is -2.34. The largest absolute Gasteiger partial charge is 0.507 e. The summed E-state index contributed by atoms with van der Waals surface area (Å²) in [7, 11) is 0. The van der Waals surface area contributed by atoms with E-state index in [9.17, 15) is 14.7 Å². The van der Waals surface area contributed by atoms with Crippen LogP contribution >= 0.6 is 0 Å². The Morgan fingerprint density at radius 2 is 1.72 bits per heavy atom. The first-order chi connectivity index (χ1) is 12.1. The number of hydrogen-bond acceptors (Lipinski definition) is 5. The van der Waals surface area contributed by atoms with Crippen LogP contribution in [0.2, 0.25) is 0 Å². The van der Waals surface area contributed by atoms with E-state index in [2.05, 4.69) is 10.2 Å². The quantitative estimate of drug-likeness (QED) is 0.709. The predicted molar refractivity (Wildman–Crippen MR) is 96.3 cm³/mol. The molecule has 132 valence electrons. The third-order valence-electron chi connectivity index (χ3n) is 4.45. The number of nitrogens with zero attached hydrogens (tertiary/aromatic N) is 2. The van der Waals surface area contributed by atoms with Crippen LogP contribution in [-0.2, 0) is 9.59 Å². The number of aromatic hydroxyl groups is 1. The highest BCUT2D eigenvalue weighted by Gasteiger charge is 2.26. The van der Waals surface area contributed by atoms with Crippen LogP contribution in [0, 0.1) is 0 Å². The van der Waals surface area contributed by atoms with Gasteiger partial charge in [0.1, 0.15) is 5.75 Å². The molecule has 0 saturated carbocycles. The van der Waals surface area contributed by atoms with Crippen molar-refractivity contribution in [3.8, 4) is 5.75 Å². The van der Waals surface area contributed by atoms with Crippen molar-refractivity contribution in [3.63, 3.8) is 0 Å². The lowest BCUT2D eigenvalue weighted by Crippen LogP contribution is -2.52. The molecule has 1 fully saturated rings. The van der Waals surface area contributed by atoms with Gasteiger partial charge in [0.25, 0.3) is 0 Å². The van der Waals surface area contributed by atoms with E-state index in [1.54, 1.807) is 41.3 Å². The minimum absolute atomic E-state index is 0.135. The summed E-state index contributed by atoms with van der Waals surface area (Å²) < 4.78 is 0. The lowest BCUT2D eigenvalue weighted by atomic mass is 10.1. The average molecular weight is 342 g/mol. The molecule has 0 bridgehead atoms. The maximum atomic E-state index is 12.4. The number of nitrogens with two attached hydrogens (primary N) is 1. The highest BCUT2D eigenvalue weighted by Crippen LogP contribution is 2.29. The fraction of sp³-hybridized carbons (Fsp3) is 0.333. The standard InChI is InChI=1S/C18H22N4O3/c19-7-8-21-9-11-22(12-10-21)18(25)17(24)20-15-5-1-4-14-13(15)3-2-6-16(14)23/h1-6,23H,7-12,19H2,(H,20,24). The second kappa shape index (κ2) is 7.50. The van der Waals surface area contributed by atoms with Crippen molar-refractivity contribution >= 4 is 28.3 Å². The zero-order valence-electron chi connectivity index (χ0n) is 13.9. The second-order valence-electron chi connectivity index (χ2n) is 6.05. The summed E-state index contributed by atoms with van der Waals surface area (Å²) in [5.41, 5.74) is 6.05. The molecule has 7 heteroatoms. The molecule has 1 heterocycles. The van der Waals surface area contributed by atoms with Crippen LogP contribution in [0.25, 0.3) is 10.8 Å². The zero-order chi connectivity index (χ0) is 17.8. The summed E-state index contributed by atoms with van der Waals surface area (Å²) >= 11 is 0. The molecular formula is C18H22N4O3. The van der Waals surface area contributed by atoms with Gasteiger partial charge >= 0.3 is 11.8 Å². The molecule has 2 aromatic rings. The summed E-state index contributed by atoms with van der Waals surface area (Å²) in [6.45, 7) is 3.86. The van der Waals surface area contributed by atoms with E-state index in [4.69, 9.17) is 5.73 Å². The van der Waals surface area contributed by atoms with Gasteiger partial charge in [-0.05, 0) is 12.1 Å². The molecule has 0 radical (unpaired) electrons. The van der Waals surface area contributed by atoms with Crippen molar-refractivity contribution in [1.82, 2.24) is 9.80 Å². The number of nitrogens with one attached hydrogen (secondary N) is 1. The Bertz CT molecular complexity index is 785. The van der Waals surface area contributed by atoms with Crippen LogP contribution < -0.4 is 11.1 Å². The van der Waals surface area contributed by atoms with Gasteiger partial charge in [0.15, 0.2) is 0 Å². The SMILES string of the molecule is NCCN1CCN(C(=O)C(=O)Nc2cccc3c(O)cccc23)CC1. The van der Waals surface area contributed by atoms with Gasteiger partial charge in [-0.1, -0.05) is 24.3 Å². The first kappa shape index (κ1) is 17.2. The molecule has 2 aromatic carbocycles. The number of rotatable bonds is 3. The van der Waals surface area contributed by atoms with E-state index in [0.717, 1.165) is 19.6 Å². The summed E-state index contributed by atoms with van der Waals surface area (Å²) in [5.74, 6) is -1.07. The van der Waals surface area contributed by atoms with E-state index in [1.165, 1.54) is 0 Å². The molecular weight excluding hydrogens is 320 g/mol. The molecule has 0 spiro atoms. The number of piperazine rings is 1. The van der Waals surface area contributed by atoms with E-state index in [1.807, 2.05) is 0 Å². The number of amides is 2. The maximum absolute atomic E-state index is 12.4. The number of phenols is 1. The van der Waals surface area contributed by atoms with Gasteiger partial charge in [-0.25, -0.2) is 0 Å². The molecule has 0 unspecified atom stereocenters. The number of carbonyl (C=O) groups is 2. The van der Waals surface area contributed by atoms with Crippen molar-refractivity contribution in [1.29, 1.82) is 0 Å². The fourth-order valence-electron chi connectivity index (χ4n) is 3.08. The monoisotopic (exact) mass is 342 g/mol. The third-order valence-corrected chi connectivity index (χ3v) is 4.45. The zero-order valence-corrected chi connectivity index (χ0v) is 13.9. The molecule has 0 atom stereocenters. The number of fused-ring (bicyclic) bond motifs is 1. The highest BCUT2D eigenvalue weighted by molar-refractivity contribution is 6.40. The number of anilines is 1. The Kier molecular flexibility index (Phi) is 5.16. The van der Waals surface area contributed by atoms with Gasteiger partial charge in [-0.15, -0.1) is 0 Å². The predicted octanol–water partition coefficient (Wildman–Crippen LogP) is 0.587. The second-order valence-corrected chi connectivity index (χ2v) is 6.05. The average Bonchev–Trinajstić information content (AvgIpc) is 2.63.